The minimum Gasteiger partial charge on any atom is -0.434 e. The smallest absolute Gasteiger partial charge is 0.238 e. The van der Waals surface area contributed by atoms with Crippen molar-refractivity contribution in [2.45, 2.75) is 26.2 Å². The molecule has 94 valence electrons. The number of benzene rings is 1. The van der Waals surface area contributed by atoms with Crippen molar-refractivity contribution in [3.63, 3.8) is 0 Å². The quantitative estimate of drug-likeness (QED) is 0.810. The predicted molar refractivity (Wildman–Crippen MR) is 67.2 cm³/mol. The lowest BCUT2D eigenvalue weighted by Crippen LogP contribution is -2.14. The molecule has 0 N–H and O–H groups in total. The van der Waals surface area contributed by atoms with Gasteiger partial charge in [-0.3, -0.25) is 0 Å². The van der Waals surface area contributed by atoms with Crippen molar-refractivity contribution >= 4 is 0 Å². The van der Waals surface area contributed by atoms with Crippen LogP contribution in [-0.2, 0) is 5.41 Å². The van der Waals surface area contributed by atoms with E-state index in [1.807, 2.05) is 6.07 Å². The summed E-state index contributed by atoms with van der Waals surface area (Å²) in [5.41, 5.74) is 0.798. The zero-order valence-electron chi connectivity index (χ0n) is 10.6. The van der Waals surface area contributed by atoms with Gasteiger partial charge in [0.2, 0.25) is 5.88 Å². The van der Waals surface area contributed by atoms with Crippen LogP contribution in [0.5, 0.6) is 11.6 Å². The molecule has 0 spiro atoms. The Morgan fingerprint density at radius 3 is 2.28 bits per heavy atom. The van der Waals surface area contributed by atoms with Crippen molar-refractivity contribution in [1.29, 1.82) is 0 Å². The van der Waals surface area contributed by atoms with Crippen LogP contribution in [-0.4, -0.2) is 10.2 Å². The van der Waals surface area contributed by atoms with Crippen LogP contribution in [0.3, 0.4) is 0 Å². The molecular weight excluding hydrogens is 231 g/mol. The van der Waals surface area contributed by atoms with Crippen LogP contribution >= 0.6 is 0 Å². The molecule has 0 saturated heterocycles. The number of nitrogens with zero attached hydrogens (tertiary/aromatic N) is 2. The van der Waals surface area contributed by atoms with Gasteiger partial charge in [-0.05, 0) is 18.2 Å². The van der Waals surface area contributed by atoms with Crippen LogP contribution in [0, 0.1) is 5.82 Å². The Balaban J connectivity index is 2.19. The van der Waals surface area contributed by atoms with Gasteiger partial charge in [-0.15, -0.1) is 5.10 Å². The summed E-state index contributed by atoms with van der Waals surface area (Å²) < 4.78 is 18.7. The van der Waals surface area contributed by atoms with Crippen LogP contribution in [0.2, 0.25) is 0 Å². The molecular formula is C14H15FN2O. The lowest BCUT2D eigenvalue weighted by atomic mass is 9.92. The van der Waals surface area contributed by atoms with Gasteiger partial charge in [-0.1, -0.05) is 32.9 Å². The maximum absolute atomic E-state index is 13.4. The van der Waals surface area contributed by atoms with Gasteiger partial charge >= 0.3 is 0 Å². The van der Waals surface area contributed by atoms with Crippen molar-refractivity contribution in [1.82, 2.24) is 10.2 Å². The first-order valence-electron chi connectivity index (χ1n) is 5.73. The molecule has 4 heteroatoms. The fourth-order valence-electron chi connectivity index (χ4n) is 1.41. The Hall–Kier alpha value is -1.97. The highest BCUT2D eigenvalue weighted by atomic mass is 19.1. The first-order chi connectivity index (χ1) is 8.47. The van der Waals surface area contributed by atoms with E-state index in [9.17, 15) is 4.39 Å². The molecule has 0 bridgehead atoms. The number of hydrogen-bond acceptors (Lipinski definition) is 3. The minimum atomic E-state index is -0.417. The van der Waals surface area contributed by atoms with E-state index >= 15 is 0 Å². The third kappa shape index (κ3) is 2.83. The monoisotopic (exact) mass is 246 g/mol. The van der Waals surface area contributed by atoms with Crippen molar-refractivity contribution < 1.29 is 9.13 Å². The van der Waals surface area contributed by atoms with Crippen LogP contribution < -0.4 is 4.74 Å². The fraction of sp³-hybridized carbons (Fsp3) is 0.286. The zero-order chi connectivity index (χ0) is 13.2. The Labute approximate surface area is 106 Å². The van der Waals surface area contributed by atoms with Crippen LogP contribution in [0.15, 0.2) is 36.4 Å². The van der Waals surface area contributed by atoms with Gasteiger partial charge < -0.3 is 4.74 Å². The molecule has 0 unspecified atom stereocenters. The second-order valence-electron chi connectivity index (χ2n) is 5.04. The maximum atomic E-state index is 13.4. The average molecular weight is 246 g/mol. The van der Waals surface area contributed by atoms with E-state index in [0.29, 0.717) is 0 Å². The molecule has 0 aliphatic carbocycles. The standard InChI is InChI=1S/C14H15FN2O/c1-14(2,3)12-8-9-13(17-16-12)18-11-7-5-4-6-10(11)15/h4-9H,1-3H3. The van der Waals surface area contributed by atoms with E-state index in [4.69, 9.17) is 4.74 Å². The fourth-order valence-corrected chi connectivity index (χ4v) is 1.41. The topological polar surface area (TPSA) is 35.0 Å². The molecule has 3 nitrogen and oxygen atoms in total. The molecule has 0 amide bonds. The normalized spacial score (nSPS) is 11.3. The summed E-state index contributed by atoms with van der Waals surface area (Å²) in [5.74, 6) is 0.0163. The summed E-state index contributed by atoms with van der Waals surface area (Å²) in [5, 5.41) is 8.02. The summed E-state index contributed by atoms with van der Waals surface area (Å²) in [4.78, 5) is 0. The molecule has 1 aromatic carbocycles. The highest BCUT2D eigenvalue weighted by Crippen LogP contribution is 2.24. The third-order valence-corrected chi connectivity index (χ3v) is 2.46. The molecule has 0 fully saturated rings. The predicted octanol–water partition coefficient (Wildman–Crippen LogP) is 3.71. The minimum absolute atomic E-state index is 0.0659. The number of hydrogen-bond donors (Lipinski definition) is 0. The van der Waals surface area contributed by atoms with Gasteiger partial charge in [0.25, 0.3) is 0 Å². The van der Waals surface area contributed by atoms with Crippen molar-refractivity contribution in [3.05, 3.63) is 47.9 Å². The maximum Gasteiger partial charge on any atom is 0.238 e. The van der Waals surface area contributed by atoms with Gasteiger partial charge in [-0.2, -0.15) is 5.10 Å². The molecule has 1 heterocycles. The van der Waals surface area contributed by atoms with Gasteiger partial charge in [0.05, 0.1) is 5.69 Å². The number of halogens is 1. The van der Waals surface area contributed by atoms with E-state index in [1.54, 1.807) is 24.3 Å². The highest BCUT2D eigenvalue weighted by molar-refractivity contribution is 5.28. The first-order valence-corrected chi connectivity index (χ1v) is 5.73. The Morgan fingerprint density at radius 2 is 1.72 bits per heavy atom. The molecule has 2 rings (SSSR count). The Bertz CT molecular complexity index is 532. The summed E-state index contributed by atoms with van der Waals surface area (Å²) in [6, 6.07) is 9.73. The van der Waals surface area contributed by atoms with E-state index in [0.717, 1.165) is 5.69 Å². The van der Waals surface area contributed by atoms with E-state index in [-0.39, 0.29) is 17.0 Å². The molecule has 0 aliphatic heterocycles. The van der Waals surface area contributed by atoms with Gasteiger partial charge in [0.15, 0.2) is 11.6 Å². The lowest BCUT2D eigenvalue weighted by Gasteiger charge is -2.16. The summed E-state index contributed by atoms with van der Waals surface area (Å²) in [6.07, 6.45) is 0. The summed E-state index contributed by atoms with van der Waals surface area (Å²) in [7, 11) is 0. The Kier molecular flexibility index (Phi) is 3.28. The molecule has 18 heavy (non-hydrogen) atoms. The van der Waals surface area contributed by atoms with Crippen LogP contribution in [0.1, 0.15) is 26.5 Å². The zero-order valence-corrected chi connectivity index (χ0v) is 10.6. The van der Waals surface area contributed by atoms with Crippen molar-refractivity contribution in [2.24, 2.45) is 0 Å². The Morgan fingerprint density at radius 1 is 1.00 bits per heavy atom. The van der Waals surface area contributed by atoms with Gasteiger partial charge in [0.1, 0.15) is 0 Å². The second-order valence-corrected chi connectivity index (χ2v) is 5.04. The van der Waals surface area contributed by atoms with Gasteiger partial charge in [0, 0.05) is 11.5 Å². The third-order valence-electron chi connectivity index (χ3n) is 2.46. The SMILES string of the molecule is CC(C)(C)c1ccc(Oc2ccccc2F)nn1. The average Bonchev–Trinajstić information content (AvgIpc) is 2.32. The lowest BCUT2D eigenvalue weighted by molar-refractivity contribution is 0.418. The number of rotatable bonds is 2. The highest BCUT2D eigenvalue weighted by Gasteiger charge is 2.16. The number of ether oxygens (including phenoxy) is 1. The first kappa shape index (κ1) is 12.5. The van der Waals surface area contributed by atoms with Crippen molar-refractivity contribution in [2.75, 3.05) is 0 Å². The summed E-state index contributed by atoms with van der Waals surface area (Å²) >= 11 is 0. The van der Waals surface area contributed by atoms with Crippen LogP contribution in [0.25, 0.3) is 0 Å². The molecule has 1 aromatic heterocycles. The number of aromatic nitrogens is 2. The van der Waals surface area contributed by atoms with Gasteiger partial charge in [-0.25, -0.2) is 4.39 Å². The second kappa shape index (κ2) is 4.72. The van der Waals surface area contributed by atoms with E-state index in [2.05, 4.69) is 31.0 Å². The molecule has 0 aliphatic rings. The molecule has 0 atom stereocenters. The number of para-hydroxylation sites is 1. The van der Waals surface area contributed by atoms with E-state index < -0.39 is 5.82 Å². The van der Waals surface area contributed by atoms with Crippen LogP contribution in [0.4, 0.5) is 4.39 Å². The van der Waals surface area contributed by atoms with E-state index in [1.165, 1.54) is 6.07 Å². The molecule has 2 aromatic rings. The summed E-state index contributed by atoms with van der Waals surface area (Å²) in [6.45, 7) is 6.15. The van der Waals surface area contributed by atoms with Crippen molar-refractivity contribution in [3.8, 4) is 11.6 Å². The largest absolute Gasteiger partial charge is 0.434 e. The molecule has 0 saturated carbocycles. The molecule has 0 radical (unpaired) electrons.